The number of benzene rings is 3. The SMILES string of the molecule is CC[C@@H](C(=O)NCC(C)C)N(Cc1ccc(OC)cc1)C(=O)CN(c1ccc(C)cc1)S(=O)(=O)c1ccc(SC)cc1. The van der Waals surface area contributed by atoms with E-state index in [9.17, 15) is 18.0 Å². The molecule has 0 aromatic heterocycles. The molecule has 0 bridgehead atoms. The number of ether oxygens (including phenoxy) is 1. The Balaban J connectivity index is 2.04. The van der Waals surface area contributed by atoms with Crippen molar-refractivity contribution >= 4 is 39.3 Å². The van der Waals surface area contributed by atoms with Crippen molar-refractivity contribution in [3.63, 3.8) is 0 Å². The van der Waals surface area contributed by atoms with E-state index in [1.54, 1.807) is 55.6 Å². The summed E-state index contributed by atoms with van der Waals surface area (Å²) in [6, 6.07) is 20.0. The third-order valence-corrected chi connectivity index (χ3v) is 9.36. The van der Waals surface area contributed by atoms with Crippen molar-refractivity contribution in [1.82, 2.24) is 10.2 Å². The van der Waals surface area contributed by atoms with E-state index >= 15 is 0 Å². The number of nitrogens with zero attached hydrogens (tertiary/aromatic N) is 2. The molecule has 226 valence electrons. The average Bonchev–Trinajstić information content (AvgIpc) is 2.99. The van der Waals surface area contributed by atoms with Gasteiger partial charge in [-0.2, -0.15) is 0 Å². The first kappa shape index (κ1) is 33.0. The van der Waals surface area contributed by atoms with Crippen molar-refractivity contribution in [2.75, 3.05) is 30.8 Å². The van der Waals surface area contributed by atoms with Gasteiger partial charge in [0.1, 0.15) is 18.3 Å². The molecule has 0 spiro atoms. The number of methoxy groups -OCH3 is 1. The van der Waals surface area contributed by atoms with Crippen LogP contribution in [0.25, 0.3) is 0 Å². The number of thioether (sulfide) groups is 1. The summed E-state index contributed by atoms with van der Waals surface area (Å²) in [5.74, 6) is 0.145. The van der Waals surface area contributed by atoms with E-state index in [4.69, 9.17) is 4.74 Å². The predicted octanol–water partition coefficient (Wildman–Crippen LogP) is 5.50. The first-order chi connectivity index (χ1) is 20.0. The minimum Gasteiger partial charge on any atom is -0.497 e. The molecule has 2 amide bonds. The lowest BCUT2D eigenvalue weighted by Crippen LogP contribution is -2.52. The molecule has 10 heteroatoms. The van der Waals surface area contributed by atoms with Gasteiger partial charge in [-0.15, -0.1) is 11.8 Å². The second-order valence-corrected chi connectivity index (χ2v) is 13.2. The second kappa shape index (κ2) is 15.1. The van der Waals surface area contributed by atoms with Crippen LogP contribution < -0.4 is 14.4 Å². The van der Waals surface area contributed by atoms with Crippen molar-refractivity contribution in [3.05, 3.63) is 83.9 Å². The van der Waals surface area contributed by atoms with Gasteiger partial charge < -0.3 is 15.0 Å². The van der Waals surface area contributed by atoms with Crippen LogP contribution in [0.3, 0.4) is 0 Å². The third-order valence-electron chi connectivity index (χ3n) is 6.83. The van der Waals surface area contributed by atoms with Crippen LogP contribution in [0.4, 0.5) is 5.69 Å². The zero-order valence-electron chi connectivity index (χ0n) is 25.2. The monoisotopic (exact) mass is 611 g/mol. The van der Waals surface area contributed by atoms with Gasteiger partial charge in [0.05, 0.1) is 17.7 Å². The molecule has 1 atom stereocenters. The summed E-state index contributed by atoms with van der Waals surface area (Å²) in [5.41, 5.74) is 2.11. The number of sulfonamides is 1. The molecule has 3 aromatic carbocycles. The quantitative estimate of drug-likeness (QED) is 0.242. The average molecular weight is 612 g/mol. The minimum atomic E-state index is -4.12. The number of rotatable bonds is 14. The summed E-state index contributed by atoms with van der Waals surface area (Å²) in [6.45, 7) is 7.87. The highest BCUT2D eigenvalue weighted by molar-refractivity contribution is 7.98. The molecule has 42 heavy (non-hydrogen) atoms. The number of carbonyl (C=O) groups is 2. The highest BCUT2D eigenvalue weighted by Crippen LogP contribution is 2.27. The number of aryl methyl sites for hydroxylation is 1. The Hall–Kier alpha value is -3.50. The van der Waals surface area contributed by atoms with Gasteiger partial charge in [-0.3, -0.25) is 13.9 Å². The maximum absolute atomic E-state index is 14.2. The third kappa shape index (κ3) is 8.51. The number of carbonyl (C=O) groups excluding carboxylic acids is 2. The lowest BCUT2D eigenvalue weighted by atomic mass is 10.1. The summed E-state index contributed by atoms with van der Waals surface area (Å²) < 4.78 is 34.4. The summed E-state index contributed by atoms with van der Waals surface area (Å²) in [7, 11) is -2.54. The molecule has 0 unspecified atom stereocenters. The zero-order chi connectivity index (χ0) is 30.9. The largest absolute Gasteiger partial charge is 0.497 e. The Labute approximate surface area is 254 Å². The van der Waals surface area contributed by atoms with E-state index in [1.165, 1.54) is 16.7 Å². The number of amides is 2. The number of hydrogen-bond donors (Lipinski definition) is 1. The van der Waals surface area contributed by atoms with Gasteiger partial charge in [-0.1, -0.05) is 50.6 Å². The summed E-state index contributed by atoms with van der Waals surface area (Å²) in [6.07, 6.45) is 2.28. The maximum Gasteiger partial charge on any atom is 0.264 e. The highest BCUT2D eigenvalue weighted by Gasteiger charge is 2.33. The zero-order valence-corrected chi connectivity index (χ0v) is 26.8. The molecular weight excluding hydrogens is 571 g/mol. The number of hydrogen-bond acceptors (Lipinski definition) is 6. The fourth-order valence-corrected chi connectivity index (χ4v) is 6.21. The molecule has 0 aliphatic rings. The maximum atomic E-state index is 14.2. The van der Waals surface area contributed by atoms with Crippen LogP contribution in [0.15, 0.2) is 82.6 Å². The highest BCUT2D eigenvalue weighted by atomic mass is 32.2. The minimum absolute atomic E-state index is 0.0806. The summed E-state index contributed by atoms with van der Waals surface area (Å²) in [5, 5.41) is 2.94. The van der Waals surface area contributed by atoms with E-state index in [2.05, 4.69) is 5.32 Å². The van der Waals surface area contributed by atoms with Crippen LogP contribution >= 0.6 is 11.8 Å². The predicted molar refractivity (Wildman–Crippen MR) is 169 cm³/mol. The molecular formula is C32H41N3O5S2. The summed E-state index contributed by atoms with van der Waals surface area (Å²) in [4.78, 5) is 30.0. The smallest absolute Gasteiger partial charge is 0.264 e. The molecule has 0 saturated carbocycles. The van der Waals surface area contributed by atoms with Crippen molar-refractivity contribution in [2.24, 2.45) is 5.92 Å². The molecule has 8 nitrogen and oxygen atoms in total. The fraction of sp³-hybridized carbons (Fsp3) is 0.375. The van der Waals surface area contributed by atoms with Crippen LogP contribution in [-0.4, -0.2) is 57.6 Å². The van der Waals surface area contributed by atoms with Gasteiger partial charge >= 0.3 is 0 Å². The fourth-order valence-electron chi connectivity index (χ4n) is 4.38. The van der Waals surface area contributed by atoms with Gasteiger partial charge in [0.25, 0.3) is 10.0 Å². The van der Waals surface area contributed by atoms with Crippen LogP contribution in [0.2, 0.25) is 0 Å². The molecule has 0 fully saturated rings. The molecule has 1 N–H and O–H groups in total. The first-order valence-electron chi connectivity index (χ1n) is 13.9. The van der Waals surface area contributed by atoms with Crippen LogP contribution in [0, 0.1) is 12.8 Å². The first-order valence-corrected chi connectivity index (χ1v) is 16.6. The van der Waals surface area contributed by atoms with Crippen LogP contribution in [0.1, 0.15) is 38.3 Å². The van der Waals surface area contributed by atoms with Gasteiger partial charge in [0, 0.05) is 18.0 Å². The Morgan fingerprint density at radius 1 is 0.952 bits per heavy atom. The Bertz CT molecular complexity index is 1420. The van der Waals surface area contributed by atoms with Gasteiger partial charge in [0.2, 0.25) is 11.8 Å². The standard InChI is InChI=1S/C32H41N3O5S2/c1-7-30(32(37)33-20-23(2)3)34(21-25-10-14-27(40-5)15-11-25)31(36)22-35(26-12-8-24(4)9-13-26)42(38,39)29-18-16-28(41-6)17-19-29/h8-19,23,30H,7,20-22H2,1-6H3,(H,33,37)/t30-/m0/s1. The summed E-state index contributed by atoms with van der Waals surface area (Å²) >= 11 is 1.51. The molecule has 0 aliphatic heterocycles. The molecule has 0 heterocycles. The van der Waals surface area contributed by atoms with Crippen molar-refractivity contribution in [2.45, 2.75) is 56.5 Å². The molecule has 3 aromatic rings. The molecule has 0 radical (unpaired) electrons. The molecule has 0 aliphatic carbocycles. The van der Waals surface area contributed by atoms with Crippen LogP contribution in [0.5, 0.6) is 5.75 Å². The van der Waals surface area contributed by atoms with E-state index in [1.807, 2.05) is 58.2 Å². The van der Waals surface area contributed by atoms with Crippen molar-refractivity contribution in [1.29, 1.82) is 0 Å². The van der Waals surface area contributed by atoms with Gasteiger partial charge in [0.15, 0.2) is 0 Å². The van der Waals surface area contributed by atoms with Gasteiger partial charge in [-0.05, 0) is 79.6 Å². The Kier molecular flexibility index (Phi) is 11.9. The second-order valence-electron chi connectivity index (χ2n) is 10.5. The topological polar surface area (TPSA) is 96.0 Å². The lowest BCUT2D eigenvalue weighted by molar-refractivity contribution is -0.140. The normalized spacial score (nSPS) is 12.1. The van der Waals surface area contributed by atoms with Crippen molar-refractivity contribution < 1.29 is 22.7 Å². The van der Waals surface area contributed by atoms with E-state index in [-0.39, 0.29) is 23.3 Å². The van der Waals surface area contributed by atoms with E-state index in [0.717, 1.165) is 20.3 Å². The molecule has 0 saturated heterocycles. The van der Waals surface area contributed by atoms with E-state index in [0.29, 0.717) is 24.4 Å². The van der Waals surface area contributed by atoms with E-state index < -0.39 is 28.5 Å². The Morgan fingerprint density at radius 2 is 1.57 bits per heavy atom. The number of anilines is 1. The molecule has 3 rings (SSSR count). The van der Waals surface area contributed by atoms with Gasteiger partial charge in [-0.25, -0.2) is 8.42 Å². The number of nitrogens with one attached hydrogen (secondary N) is 1. The van der Waals surface area contributed by atoms with Crippen molar-refractivity contribution in [3.8, 4) is 5.75 Å². The Morgan fingerprint density at radius 3 is 2.10 bits per heavy atom. The lowest BCUT2D eigenvalue weighted by Gasteiger charge is -2.33. The van der Waals surface area contributed by atoms with Crippen LogP contribution in [-0.2, 0) is 26.2 Å².